The maximum Gasteiger partial charge on any atom is 0.0858 e. The van der Waals surface area contributed by atoms with Crippen LogP contribution in [0.5, 0.6) is 0 Å². The van der Waals surface area contributed by atoms with Crippen LogP contribution < -0.4 is 0 Å². The highest BCUT2D eigenvalue weighted by Crippen LogP contribution is 2.37. The van der Waals surface area contributed by atoms with Crippen LogP contribution in [0.15, 0.2) is 334 Å². The number of benzene rings is 11. The summed E-state index contributed by atoms with van der Waals surface area (Å²) in [5.74, 6) is 3.73. The van der Waals surface area contributed by atoms with E-state index >= 15 is 0 Å². The van der Waals surface area contributed by atoms with E-state index in [0.717, 1.165) is 46.2 Å². The van der Waals surface area contributed by atoms with Gasteiger partial charge in [-0.1, -0.05) is 424 Å². The van der Waals surface area contributed by atoms with Crippen molar-refractivity contribution in [2.75, 3.05) is 27.2 Å². The first-order chi connectivity index (χ1) is 55.2. The summed E-state index contributed by atoms with van der Waals surface area (Å²) in [7, 11) is 4.26. The summed E-state index contributed by atoms with van der Waals surface area (Å²) in [6.45, 7) is 34.9. The molecule has 1 fully saturated rings. The van der Waals surface area contributed by atoms with Gasteiger partial charge in [-0.2, -0.15) is 0 Å². The summed E-state index contributed by atoms with van der Waals surface area (Å²) in [6, 6.07) is 112. The zero-order valence-electron chi connectivity index (χ0n) is 72.5. The van der Waals surface area contributed by atoms with Crippen molar-refractivity contribution in [2.45, 2.75) is 208 Å². The molecule has 11 aromatic carbocycles. The van der Waals surface area contributed by atoms with Crippen molar-refractivity contribution in [2.24, 2.45) is 29.6 Å². The van der Waals surface area contributed by atoms with Crippen LogP contribution in [0.2, 0.25) is 0 Å². The van der Waals surface area contributed by atoms with Crippen molar-refractivity contribution in [1.29, 1.82) is 0 Å². The zero-order valence-corrected chi connectivity index (χ0v) is 72.5. The standard InChI is InChI=1S/C18H22O.2C15H16O.C14H21N.C13H20O.C12H19N.2C10H14O/c1-14(2)13-17(15-9-5-3-6-10-15)18(19)16-11-7-4-8-12-16;2*1-12(13-8-4-2-5-9-13)15(16)14-10-6-3-7-11-14;1-12(14-8-4-3-5-9-14)13(2)15-10-6-7-11-15;1-10(2)9-11(3)13(14)12-7-5-4-6-8-12;1-10(11(2)13(3)4)12-8-6-5-7-9-12;2*1-8(2)10(11)9-6-4-3-5-7-9/h3-12,14,17-19H,13H2,1-2H3;2*2-12,15-16H,1H3;3-5,8-9,12-13H,6-7,10-11H2,1-2H3;4-8,10-11,13-14H,9H2,1-3H3;5-11H,1-4H3;2*3-8,10-11H,1-2H3/t17-,18+;2*12-,15-;12-,13-;11-,13+;10-,11-;2*10-/m11010110/s1. The van der Waals surface area contributed by atoms with Gasteiger partial charge in [0.1, 0.15) is 0 Å². The first kappa shape index (κ1) is 96.7. The minimum Gasteiger partial charge on any atom is -0.388 e. The second-order valence-electron chi connectivity index (χ2n) is 32.9. The lowest BCUT2D eigenvalue weighted by atomic mass is 9.83. The summed E-state index contributed by atoms with van der Waals surface area (Å²) >= 11 is 0. The van der Waals surface area contributed by atoms with E-state index in [-0.39, 0.29) is 47.9 Å². The molecule has 6 N–H and O–H groups in total. The molecule has 0 aliphatic carbocycles. The molecule has 1 heterocycles. The predicted molar refractivity (Wildman–Crippen MR) is 488 cm³/mol. The van der Waals surface area contributed by atoms with Crippen LogP contribution in [-0.2, 0) is 0 Å². The van der Waals surface area contributed by atoms with Crippen LogP contribution in [0, 0.1) is 29.6 Å². The molecule has 0 unspecified atom stereocenters. The fraction of sp³-hybridized carbons (Fsp3) is 0.383. The molecule has 1 aliphatic heterocycles. The van der Waals surface area contributed by atoms with E-state index in [1.54, 1.807) is 0 Å². The maximum absolute atomic E-state index is 10.7. The van der Waals surface area contributed by atoms with Crippen molar-refractivity contribution >= 4 is 0 Å². The molecular formula is C107H142N2O6. The Kier molecular flexibility index (Phi) is 45.5. The van der Waals surface area contributed by atoms with Gasteiger partial charge in [0, 0.05) is 29.8 Å². The van der Waals surface area contributed by atoms with Crippen molar-refractivity contribution < 1.29 is 30.6 Å². The number of hydrogen-bond donors (Lipinski definition) is 6. The molecule has 616 valence electrons. The Morgan fingerprint density at radius 2 is 0.461 bits per heavy atom. The fourth-order valence-electron chi connectivity index (χ4n) is 14.2. The fourth-order valence-corrected chi connectivity index (χ4v) is 14.2. The monoisotopic (exact) mass is 1550 g/mol. The first-order valence-corrected chi connectivity index (χ1v) is 42.2. The molecule has 11 aromatic rings. The SMILES string of the molecule is CC(C)C[C@H](C)[C@@H](O)c1ccccc1.CC(C)C[C@H](c1ccccc1)[C@@H](O)c1ccccc1.CC(C)[C@@H](O)c1ccccc1.CC(C)[C@H](O)c1ccccc1.C[C@@H](c1ccccc1)[C@H](O)c1ccccc1.C[C@H]([C@@H](C)c1ccccc1)N(C)C.C[C@H]([C@@H](C)c1ccccc1)N1CCCC1.C[C@H](c1ccccc1)[C@@H](O)c1ccccc1. The van der Waals surface area contributed by atoms with Gasteiger partial charge >= 0.3 is 0 Å². The number of rotatable bonds is 25. The molecule has 0 bridgehead atoms. The van der Waals surface area contributed by atoms with Gasteiger partial charge in [0.25, 0.3) is 0 Å². The molecule has 0 amide bonds. The van der Waals surface area contributed by atoms with Gasteiger partial charge in [0.15, 0.2) is 0 Å². The third-order valence-corrected chi connectivity index (χ3v) is 22.1. The Labute approximate surface area is 695 Å². The molecule has 0 radical (unpaired) electrons. The van der Waals surface area contributed by atoms with Crippen LogP contribution in [0.4, 0.5) is 0 Å². The normalized spacial score (nSPS) is 15.4. The molecular weight excluding hydrogens is 1410 g/mol. The van der Waals surface area contributed by atoms with E-state index in [0.29, 0.717) is 41.7 Å². The third-order valence-electron chi connectivity index (χ3n) is 22.1. The summed E-state index contributed by atoms with van der Waals surface area (Å²) in [4.78, 5) is 4.88. The predicted octanol–water partition coefficient (Wildman–Crippen LogP) is 25.8. The van der Waals surface area contributed by atoms with Crippen molar-refractivity contribution in [1.82, 2.24) is 9.80 Å². The first-order valence-electron chi connectivity index (χ1n) is 42.2. The molecule has 8 heteroatoms. The Balaban J connectivity index is 0.000000236. The molecule has 1 aliphatic rings. The van der Waals surface area contributed by atoms with Gasteiger partial charge in [-0.3, -0.25) is 0 Å². The second kappa shape index (κ2) is 54.1. The summed E-state index contributed by atoms with van der Waals surface area (Å²) in [5, 5.41) is 60.4. The van der Waals surface area contributed by atoms with E-state index < -0.39 is 18.3 Å². The smallest absolute Gasteiger partial charge is 0.0858 e. The lowest BCUT2D eigenvalue weighted by Crippen LogP contribution is -2.34. The van der Waals surface area contributed by atoms with Crippen LogP contribution in [0.1, 0.15) is 257 Å². The summed E-state index contributed by atoms with van der Waals surface area (Å²) < 4.78 is 0. The lowest BCUT2D eigenvalue weighted by molar-refractivity contribution is 0.105. The van der Waals surface area contributed by atoms with E-state index in [2.05, 4.69) is 183 Å². The minimum atomic E-state index is -0.441. The van der Waals surface area contributed by atoms with Gasteiger partial charge in [0.2, 0.25) is 0 Å². The van der Waals surface area contributed by atoms with Gasteiger partial charge in [-0.25, -0.2) is 0 Å². The van der Waals surface area contributed by atoms with Crippen LogP contribution in [0.3, 0.4) is 0 Å². The zero-order chi connectivity index (χ0) is 84.0. The number of nitrogens with zero attached hydrogens (tertiary/aromatic N) is 2. The Bertz CT molecular complexity index is 3900. The largest absolute Gasteiger partial charge is 0.388 e. The van der Waals surface area contributed by atoms with Crippen molar-refractivity contribution in [3.8, 4) is 0 Å². The van der Waals surface area contributed by atoms with Gasteiger partial charge in [0.05, 0.1) is 36.6 Å². The van der Waals surface area contributed by atoms with Crippen LogP contribution >= 0.6 is 0 Å². The number of likely N-dealkylation sites (tertiary alicyclic amines) is 1. The molecule has 1 saturated heterocycles. The molecule has 12 rings (SSSR count). The number of aliphatic hydroxyl groups is 6. The highest BCUT2D eigenvalue weighted by molar-refractivity contribution is 5.31. The molecule has 0 saturated carbocycles. The van der Waals surface area contributed by atoms with E-state index in [1.807, 2.05) is 278 Å². The van der Waals surface area contributed by atoms with Crippen LogP contribution in [0.25, 0.3) is 0 Å². The van der Waals surface area contributed by atoms with E-state index in [4.69, 9.17) is 0 Å². The van der Waals surface area contributed by atoms with Gasteiger partial charge in [-0.05, 0) is 169 Å². The van der Waals surface area contributed by atoms with Gasteiger partial charge in [-0.15, -0.1) is 0 Å². The van der Waals surface area contributed by atoms with Gasteiger partial charge < -0.3 is 40.4 Å². The number of aliphatic hydroxyl groups excluding tert-OH is 6. The van der Waals surface area contributed by atoms with E-state index in [1.165, 1.54) is 53.7 Å². The molecule has 0 spiro atoms. The van der Waals surface area contributed by atoms with Crippen molar-refractivity contribution in [3.05, 3.63) is 395 Å². The third kappa shape index (κ3) is 35.2. The number of likely N-dealkylation sites (N-methyl/N-ethyl adjacent to an activating group) is 1. The van der Waals surface area contributed by atoms with Crippen LogP contribution in [-0.4, -0.2) is 79.7 Å². The average Bonchev–Trinajstić information content (AvgIpc) is 1.17. The van der Waals surface area contributed by atoms with Crippen molar-refractivity contribution in [3.63, 3.8) is 0 Å². The summed E-state index contributed by atoms with van der Waals surface area (Å²) in [5.41, 5.74) is 12.4. The number of hydrogen-bond acceptors (Lipinski definition) is 8. The lowest BCUT2D eigenvalue weighted by Gasteiger charge is -2.29. The highest BCUT2D eigenvalue weighted by atomic mass is 16.3. The Hall–Kier alpha value is -8.90. The van der Waals surface area contributed by atoms with E-state index in [9.17, 15) is 30.6 Å². The molecule has 8 nitrogen and oxygen atoms in total. The maximum atomic E-state index is 10.7. The Morgan fingerprint density at radius 3 is 0.713 bits per heavy atom. The average molecular weight is 1550 g/mol. The Morgan fingerprint density at radius 1 is 0.243 bits per heavy atom. The second-order valence-corrected chi connectivity index (χ2v) is 32.9. The minimum absolute atomic E-state index is 0.114. The molecule has 115 heavy (non-hydrogen) atoms. The quantitative estimate of drug-likeness (QED) is 0.0334. The highest BCUT2D eigenvalue weighted by Gasteiger charge is 2.26. The molecule has 0 aromatic heterocycles. The topological polar surface area (TPSA) is 128 Å². The molecule has 14 atom stereocenters. The summed E-state index contributed by atoms with van der Waals surface area (Å²) in [6.07, 6.45) is 2.53.